The Balaban J connectivity index is -0.000000485. The van der Waals surface area contributed by atoms with Gasteiger partial charge in [-0.15, -0.1) is 0 Å². The molecule has 0 saturated heterocycles. The molecule has 0 aliphatic carbocycles. The second-order valence-corrected chi connectivity index (χ2v) is 9.31. The summed E-state index contributed by atoms with van der Waals surface area (Å²) in [6, 6.07) is 12.5. The van der Waals surface area contributed by atoms with Crippen molar-refractivity contribution in [3.63, 3.8) is 0 Å². The number of nitrogens with zero attached hydrogens (tertiary/aromatic N) is 2. The van der Waals surface area contributed by atoms with Gasteiger partial charge in [-0.05, 0) is 39.8 Å². The predicted molar refractivity (Wildman–Crippen MR) is 126 cm³/mol. The van der Waals surface area contributed by atoms with Crippen LogP contribution in [-0.4, -0.2) is 56.3 Å². The standard InChI is InChI=1S/C14H12N2.C8H12O4.2CH3.2ClH.Pt.Sn/c1-9-3-5-11-7-8-12-6-4-10(2)16-14(12)13(11)15-9;1-3-11-7(9)5-6-8(10)12-4-2;;;;;;/h3-8H,1-2H3;5-6H,3-4H2,1-2H3;2*1H3;2*1H;;/q;;;;;;2*+2/p-2/b;6-5+;;;;;;. The van der Waals surface area contributed by atoms with E-state index in [1.807, 2.05) is 26.0 Å². The van der Waals surface area contributed by atoms with Gasteiger partial charge >= 0.3 is 64.0 Å². The fourth-order valence-electron chi connectivity index (χ4n) is 2.48. The molecule has 3 rings (SSSR count). The van der Waals surface area contributed by atoms with E-state index < -0.39 is 11.9 Å². The molecule has 2 aromatic heterocycles. The largest absolute Gasteiger partial charge is 2.00 e. The Bertz CT molecular complexity index is 971. The van der Waals surface area contributed by atoms with E-state index in [9.17, 15) is 9.59 Å². The topological polar surface area (TPSA) is 78.4 Å². The number of fused-ring (bicyclic) bond motifs is 3. The van der Waals surface area contributed by atoms with E-state index in [-0.39, 0.29) is 67.0 Å². The molecule has 10 heteroatoms. The van der Waals surface area contributed by atoms with Crippen LogP contribution in [-0.2, 0) is 40.1 Å². The molecule has 34 heavy (non-hydrogen) atoms. The fourth-order valence-corrected chi connectivity index (χ4v) is 2.48. The molecule has 2 heterocycles. The molecule has 186 valence electrons. The molecule has 0 aliphatic rings. The first-order valence-electron chi connectivity index (χ1n) is 10.1. The first-order valence-corrected chi connectivity index (χ1v) is 15.8. The van der Waals surface area contributed by atoms with Crippen molar-refractivity contribution in [3.8, 4) is 0 Å². The third kappa shape index (κ3) is 13.6. The molecule has 3 aromatic rings. The number of aryl methyl sites for hydroxylation is 2. The predicted octanol–water partition coefficient (Wildman–Crippen LogP) is -1.14. The van der Waals surface area contributed by atoms with E-state index in [0.717, 1.165) is 45.3 Å². The quantitative estimate of drug-likeness (QED) is 0.144. The van der Waals surface area contributed by atoms with Crippen molar-refractivity contribution in [3.05, 3.63) is 59.9 Å². The summed E-state index contributed by atoms with van der Waals surface area (Å²) in [5, 5.41) is 2.30. The molecule has 0 spiro atoms. The summed E-state index contributed by atoms with van der Waals surface area (Å²) < 4.78 is 9.07. The molecule has 0 N–H and O–H groups in total. The first-order chi connectivity index (χ1) is 14.9. The van der Waals surface area contributed by atoms with E-state index in [2.05, 4.69) is 53.6 Å². The zero-order valence-corrected chi connectivity index (χ0v) is 26.8. The van der Waals surface area contributed by atoms with Gasteiger partial charge in [0, 0.05) is 34.3 Å². The van der Waals surface area contributed by atoms with E-state index in [1.165, 1.54) is 0 Å². The van der Waals surface area contributed by atoms with Crippen molar-refractivity contribution in [2.45, 2.75) is 37.6 Å². The van der Waals surface area contributed by atoms with Crippen molar-refractivity contribution in [1.29, 1.82) is 0 Å². The van der Waals surface area contributed by atoms with Crippen LogP contribution in [0, 0.1) is 13.8 Å². The Morgan fingerprint density at radius 1 is 0.765 bits per heavy atom. The van der Waals surface area contributed by atoms with Crippen LogP contribution in [0.25, 0.3) is 21.8 Å². The van der Waals surface area contributed by atoms with Crippen LogP contribution in [0.1, 0.15) is 25.2 Å². The van der Waals surface area contributed by atoms with Gasteiger partial charge in [0.1, 0.15) is 0 Å². The average molecular weight is 795 g/mol. The average Bonchev–Trinajstić information content (AvgIpc) is 2.74. The van der Waals surface area contributed by atoms with Gasteiger partial charge < -0.3 is 34.3 Å². The van der Waals surface area contributed by atoms with E-state index >= 15 is 0 Å². The summed E-state index contributed by atoms with van der Waals surface area (Å²) in [4.78, 5) is 35.0. The van der Waals surface area contributed by atoms with Gasteiger partial charge in [0.15, 0.2) is 0 Å². The molecule has 0 aliphatic heterocycles. The second-order valence-electron chi connectivity index (χ2n) is 6.45. The van der Waals surface area contributed by atoms with Gasteiger partial charge in [-0.3, -0.25) is 9.97 Å². The second kappa shape index (κ2) is 21.1. The minimum Gasteiger partial charge on any atom is -1.00 e. The maximum Gasteiger partial charge on any atom is 2.00 e. The fraction of sp³-hybridized carbons (Fsp3) is 0.333. The Kier molecular flexibility index (Phi) is 23.2. The van der Waals surface area contributed by atoms with Crippen LogP contribution in [0.3, 0.4) is 0 Å². The van der Waals surface area contributed by atoms with Crippen molar-refractivity contribution in [1.82, 2.24) is 9.97 Å². The van der Waals surface area contributed by atoms with Crippen LogP contribution >= 0.6 is 0 Å². The van der Waals surface area contributed by atoms with Gasteiger partial charge in [0.25, 0.3) is 0 Å². The number of carbonyl (C=O) groups is 2. The Labute approximate surface area is 239 Å². The van der Waals surface area contributed by atoms with Crippen LogP contribution in [0.2, 0.25) is 9.88 Å². The number of benzene rings is 1. The number of ether oxygens (including phenoxy) is 2. The molecule has 6 nitrogen and oxygen atoms in total. The number of rotatable bonds is 4. The summed E-state index contributed by atoms with van der Waals surface area (Å²) in [5.74, 6) is -1.07. The minimum absolute atomic E-state index is 0. The SMILES string of the molecule is CCOC(=O)/C=C/C(=O)OCC.Cc1ccc2ccc3ccc(C)nc3c2n1.[CH3][Sn+2][CH3].[Cl-].[Cl-].[Pt+2]. The molecule has 0 amide bonds. The van der Waals surface area contributed by atoms with Crippen molar-refractivity contribution in [2.24, 2.45) is 0 Å². The number of hydrogen-bond donors (Lipinski definition) is 0. The van der Waals surface area contributed by atoms with Crippen LogP contribution in [0.15, 0.2) is 48.6 Å². The van der Waals surface area contributed by atoms with E-state index in [4.69, 9.17) is 0 Å². The molecule has 0 unspecified atom stereocenters. The number of carbonyl (C=O) groups excluding carboxylic acids is 2. The minimum atomic E-state index is -0.537. The summed E-state index contributed by atoms with van der Waals surface area (Å²) in [6.45, 7) is 7.99. The Hall–Kier alpha value is -1.21. The third-order valence-corrected chi connectivity index (χ3v) is 3.73. The van der Waals surface area contributed by atoms with Crippen LogP contribution in [0.5, 0.6) is 0 Å². The summed E-state index contributed by atoms with van der Waals surface area (Å²) in [7, 11) is 0. The maximum absolute atomic E-state index is 10.6. The van der Waals surface area contributed by atoms with Gasteiger partial charge in [0.05, 0.1) is 24.2 Å². The summed E-state index contributed by atoms with van der Waals surface area (Å²) in [6.07, 6.45) is 2.09. The molecule has 1 aromatic carbocycles. The molecular formula is C24H30Cl2N2O4PtSn+2. The monoisotopic (exact) mass is 795 g/mol. The number of hydrogen-bond acceptors (Lipinski definition) is 6. The van der Waals surface area contributed by atoms with Crippen LogP contribution < -0.4 is 24.8 Å². The van der Waals surface area contributed by atoms with Crippen molar-refractivity contribution >= 4 is 54.9 Å². The maximum atomic E-state index is 10.6. The Morgan fingerprint density at radius 2 is 1.06 bits per heavy atom. The number of pyridine rings is 2. The van der Waals surface area contributed by atoms with Crippen LogP contribution in [0.4, 0.5) is 0 Å². The van der Waals surface area contributed by atoms with Gasteiger partial charge in [-0.1, -0.05) is 24.3 Å². The number of esters is 2. The molecule has 0 saturated carbocycles. The van der Waals surface area contributed by atoms with E-state index in [0.29, 0.717) is 13.2 Å². The number of aromatic nitrogens is 2. The summed E-state index contributed by atoms with van der Waals surface area (Å²) >= 11 is 0.230. The normalized spacial score (nSPS) is 9.00. The third-order valence-electron chi connectivity index (χ3n) is 3.73. The zero-order chi connectivity index (χ0) is 23.2. The van der Waals surface area contributed by atoms with Crippen molar-refractivity contribution in [2.75, 3.05) is 13.2 Å². The van der Waals surface area contributed by atoms with Gasteiger partial charge in [0.2, 0.25) is 0 Å². The van der Waals surface area contributed by atoms with E-state index in [1.54, 1.807) is 13.8 Å². The van der Waals surface area contributed by atoms with Gasteiger partial charge in [-0.2, -0.15) is 0 Å². The van der Waals surface area contributed by atoms with Crippen molar-refractivity contribution < 1.29 is 64.9 Å². The van der Waals surface area contributed by atoms with Gasteiger partial charge in [-0.25, -0.2) is 9.59 Å². The molecule has 0 radical (unpaired) electrons. The first kappa shape index (κ1) is 37.3. The molecular weight excluding hydrogens is 765 g/mol. The molecule has 0 fully saturated rings. The smallest absolute Gasteiger partial charge is 1.00 e. The zero-order valence-electron chi connectivity index (χ0n) is 20.1. The number of halogens is 2. The summed E-state index contributed by atoms with van der Waals surface area (Å²) in [5.41, 5.74) is 4.06. The Morgan fingerprint density at radius 3 is 1.35 bits per heavy atom. The molecule has 0 atom stereocenters. The molecule has 0 bridgehead atoms.